The van der Waals surface area contributed by atoms with E-state index in [-0.39, 0.29) is 17.7 Å². The highest BCUT2D eigenvalue weighted by Crippen LogP contribution is 2.22. The first-order valence-corrected chi connectivity index (χ1v) is 9.96. The molecule has 1 fully saturated rings. The molecular weight excluding hydrogens is 362 g/mol. The van der Waals surface area contributed by atoms with Gasteiger partial charge in [0.2, 0.25) is 11.8 Å². The molecule has 142 valence electrons. The molecule has 0 saturated carbocycles. The predicted molar refractivity (Wildman–Crippen MR) is 105 cm³/mol. The van der Waals surface area contributed by atoms with Crippen molar-refractivity contribution in [3.8, 4) is 0 Å². The number of hydrogen-bond donors (Lipinski definition) is 2. The minimum atomic E-state index is -0.431. The van der Waals surface area contributed by atoms with E-state index in [4.69, 9.17) is 0 Å². The standard InChI is InChI=1S/C20H23N3O3S/c24-18(14-15-6-2-1-3-7-15)21-10-11-22-19(25)16-8-4-12-23(16)20(26)17-9-5-13-27-17/h1-3,5-7,9,13,16H,4,8,10-12,14H2,(H,21,24)(H,22,25)/t16-/m0/s1. The Bertz CT molecular complexity index is 777. The Balaban J connectivity index is 1.41. The van der Waals surface area contributed by atoms with Gasteiger partial charge in [-0.25, -0.2) is 0 Å². The number of nitrogens with zero attached hydrogens (tertiary/aromatic N) is 1. The van der Waals surface area contributed by atoms with Gasteiger partial charge in [0, 0.05) is 19.6 Å². The van der Waals surface area contributed by atoms with E-state index in [1.54, 1.807) is 11.0 Å². The molecule has 3 amide bonds. The molecule has 2 N–H and O–H groups in total. The van der Waals surface area contributed by atoms with Crippen molar-refractivity contribution >= 4 is 29.1 Å². The quantitative estimate of drug-likeness (QED) is 0.714. The number of benzene rings is 1. The van der Waals surface area contributed by atoms with Crippen LogP contribution in [0.4, 0.5) is 0 Å². The van der Waals surface area contributed by atoms with E-state index in [0.29, 0.717) is 37.4 Å². The number of amides is 3. The Labute approximate surface area is 162 Å². The molecule has 1 aliphatic heterocycles. The molecule has 2 aromatic rings. The number of thiophene rings is 1. The van der Waals surface area contributed by atoms with Gasteiger partial charge in [0.1, 0.15) is 6.04 Å². The average molecular weight is 385 g/mol. The minimum Gasteiger partial charge on any atom is -0.354 e. The van der Waals surface area contributed by atoms with Gasteiger partial charge in [-0.15, -0.1) is 11.3 Å². The van der Waals surface area contributed by atoms with Crippen molar-refractivity contribution in [2.45, 2.75) is 25.3 Å². The highest BCUT2D eigenvalue weighted by atomic mass is 32.1. The Kier molecular flexibility index (Phi) is 6.59. The molecule has 0 unspecified atom stereocenters. The third kappa shape index (κ3) is 5.17. The summed E-state index contributed by atoms with van der Waals surface area (Å²) in [5.74, 6) is -0.320. The molecule has 3 rings (SSSR count). The zero-order valence-electron chi connectivity index (χ0n) is 15.0. The lowest BCUT2D eigenvalue weighted by Crippen LogP contribution is -2.47. The van der Waals surface area contributed by atoms with Gasteiger partial charge in [0.25, 0.3) is 5.91 Å². The molecule has 0 spiro atoms. The first-order chi connectivity index (χ1) is 13.1. The fourth-order valence-electron chi connectivity index (χ4n) is 3.17. The number of rotatable bonds is 7. The van der Waals surface area contributed by atoms with Crippen molar-refractivity contribution in [2.24, 2.45) is 0 Å². The maximum atomic E-state index is 12.5. The second kappa shape index (κ2) is 9.32. The van der Waals surface area contributed by atoms with Crippen LogP contribution in [0, 0.1) is 0 Å². The van der Waals surface area contributed by atoms with Crippen molar-refractivity contribution < 1.29 is 14.4 Å². The van der Waals surface area contributed by atoms with E-state index in [1.807, 2.05) is 41.8 Å². The van der Waals surface area contributed by atoms with Crippen molar-refractivity contribution in [2.75, 3.05) is 19.6 Å². The zero-order chi connectivity index (χ0) is 19.1. The summed E-state index contributed by atoms with van der Waals surface area (Å²) in [6.45, 7) is 1.31. The molecule has 1 aromatic carbocycles. The largest absolute Gasteiger partial charge is 0.354 e. The molecule has 6 nitrogen and oxygen atoms in total. The second-order valence-electron chi connectivity index (χ2n) is 6.44. The fourth-order valence-corrected chi connectivity index (χ4v) is 3.85. The maximum absolute atomic E-state index is 12.5. The first kappa shape index (κ1) is 19.1. The highest BCUT2D eigenvalue weighted by molar-refractivity contribution is 7.12. The summed E-state index contributed by atoms with van der Waals surface area (Å²) in [7, 11) is 0. The van der Waals surface area contributed by atoms with Gasteiger partial charge < -0.3 is 15.5 Å². The number of hydrogen-bond acceptors (Lipinski definition) is 4. The molecule has 1 saturated heterocycles. The van der Waals surface area contributed by atoms with Gasteiger partial charge in [-0.2, -0.15) is 0 Å². The Morgan fingerprint density at radius 2 is 1.81 bits per heavy atom. The average Bonchev–Trinajstić information content (AvgIpc) is 3.37. The van der Waals surface area contributed by atoms with Gasteiger partial charge >= 0.3 is 0 Å². The van der Waals surface area contributed by atoms with Crippen LogP contribution in [0.1, 0.15) is 28.1 Å². The fraction of sp³-hybridized carbons (Fsp3) is 0.350. The molecule has 1 aromatic heterocycles. The van der Waals surface area contributed by atoms with E-state index in [1.165, 1.54) is 11.3 Å². The van der Waals surface area contributed by atoms with Gasteiger partial charge in [0.05, 0.1) is 11.3 Å². The van der Waals surface area contributed by atoms with Crippen LogP contribution in [0.15, 0.2) is 47.8 Å². The second-order valence-corrected chi connectivity index (χ2v) is 7.38. The summed E-state index contributed by atoms with van der Waals surface area (Å²) in [4.78, 5) is 39.2. The highest BCUT2D eigenvalue weighted by Gasteiger charge is 2.34. The molecule has 27 heavy (non-hydrogen) atoms. The Morgan fingerprint density at radius 3 is 2.56 bits per heavy atom. The van der Waals surface area contributed by atoms with Gasteiger partial charge in [-0.05, 0) is 29.9 Å². The van der Waals surface area contributed by atoms with Gasteiger partial charge in [0.15, 0.2) is 0 Å². The molecule has 0 radical (unpaired) electrons. The van der Waals surface area contributed by atoms with E-state index in [0.717, 1.165) is 12.0 Å². The van der Waals surface area contributed by atoms with Crippen LogP contribution in [-0.4, -0.2) is 48.3 Å². The molecule has 1 atom stereocenters. The third-order valence-corrected chi connectivity index (χ3v) is 5.36. The van der Waals surface area contributed by atoms with Crippen molar-refractivity contribution in [1.82, 2.24) is 15.5 Å². The van der Waals surface area contributed by atoms with Gasteiger partial charge in [-0.1, -0.05) is 36.4 Å². The number of carbonyl (C=O) groups excluding carboxylic acids is 3. The molecule has 0 bridgehead atoms. The Morgan fingerprint density at radius 1 is 1.04 bits per heavy atom. The van der Waals surface area contributed by atoms with E-state index >= 15 is 0 Å². The van der Waals surface area contributed by atoms with Crippen molar-refractivity contribution in [1.29, 1.82) is 0 Å². The maximum Gasteiger partial charge on any atom is 0.264 e. The summed E-state index contributed by atoms with van der Waals surface area (Å²) in [6.07, 6.45) is 1.81. The lowest BCUT2D eigenvalue weighted by molar-refractivity contribution is -0.125. The lowest BCUT2D eigenvalue weighted by atomic mass is 10.1. The molecular formula is C20H23N3O3S. The number of carbonyl (C=O) groups is 3. The summed E-state index contributed by atoms with van der Waals surface area (Å²) < 4.78 is 0. The summed E-state index contributed by atoms with van der Waals surface area (Å²) >= 11 is 1.39. The van der Waals surface area contributed by atoms with E-state index in [9.17, 15) is 14.4 Å². The molecule has 7 heteroatoms. The summed E-state index contributed by atoms with van der Waals surface area (Å²) in [6, 6.07) is 12.7. The first-order valence-electron chi connectivity index (χ1n) is 9.08. The Hall–Kier alpha value is -2.67. The van der Waals surface area contributed by atoms with Crippen LogP contribution in [0.2, 0.25) is 0 Å². The van der Waals surface area contributed by atoms with Crippen molar-refractivity contribution in [3.05, 3.63) is 58.3 Å². The normalized spacial score (nSPS) is 16.1. The monoisotopic (exact) mass is 385 g/mol. The summed E-state index contributed by atoms with van der Waals surface area (Å²) in [5, 5.41) is 7.49. The summed E-state index contributed by atoms with van der Waals surface area (Å²) in [5.41, 5.74) is 0.952. The molecule has 1 aliphatic rings. The van der Waals surface area contributed by atoms with E-state index < -0.39 is 6.04 Å². The van der Waals surface area contributed by atoms with Crippen LogP contribution in [-0.2, 0) is 16.0 Å². The van der Waals surface area contributed by atoms with Crippen LogP contribution in [0.3, 0.4) is 0 Å². The number of nitrogens with one attached hydrogen (secondary N) is 2. The van der Waals surface area contributed by atoms with Gasteiger partial charge in [-0.3, -0.25) is 14.4 Å². The topological polar surface area (TPSA) is 78.5 Å². The molecule has 0 aliphatic carbocycles. The lowest BCUT2D eigenvalue weighted by Gasteiger charge is -2.23. The number of likely N-dealkylation sites (tertiary alicyclic amines) is 1. The van der Waals surface area contributed by atoms with Crippen molar-refractivity contribution in [3.63, 3.8) is 0 Å². The molecule has 2 heterocycles. The van der Waals surface area contributed by atoms with Crippen LogP contribution < -0.4 is 10.6 Å². The smallest absolute Gasteiger partial charge is 0.264 e. The minimum absolute atomic E-state index is 0.0779. The van der Waals surface area contributed by atoms with Crippen LogP contribution in [0.25, 0.3) is 0 Å². The predicted octanol–water partition coefficient (Wildman–Crippen LogP) is 1.83. The SMILES string of the molecule is O=C(Cc1ccccc1)NCCNC(=O)[C@@H]1CCCN1C(=O)c1cccs1. The third-order valence-electron chi connectivity index (χ3n) is 4.50. The van der Waals surface area contributed by atoms with Crippen LogP contribution in [0.5, 0.6) is 0 Å². The zero-order valence-corrected chi connectivity index (χ0v) is 15.8. The van der Waals surface area contributed by atoms with E-state index in [2.05, 4.69) is 10.6 Å². The van der Waals surface area contributed by atoms with Crippen LogP contribution >= 0.6 is 11.3 Å².